The molecular formula is C22H31FN6O2. The summed E-state index contributed by atoms with van der Waals surface area (Å²) in [4.78, 5) is 6.95. The number of anilines is 2. The lowest BCUT2D eigenvalue weighted by molar-refractivity contribution is -0.0594. The van der Waals surface area contributed by atoms with Crippen LogP contribution in [-0.4, -0.2) is 52.4 Å². The van der Waals surface area contributed by atoms with Crippen molar-refractivity contribution in [1.82, 2.24) is 25.8 Å². The summed E-state index contributed by atoms with van der Waals surface area (Å²) in [5, 5.41) is 20.3. The molecule has 8 nitrogen and oxygen atoms in total. The third-order valence-electron chi connectivity index (χ3n) is 7.07. The lowest BCUT2D eigenvalue weighted by atomic mass is 9.89. The van der Waals surface area contributed by atoms with Crippen LogP contribution in [0.5, 0.6) is 0 Å². The number of aliphatic hydroxyl groups is 1. The number of nitrogens with one attached hydrogen (secondary N) is 2. The van der Waals surface area contributed by atoms with Crippen LogP contribution in [-0.2, 0) is 11.4 Å². The number of para-hydroxylation sites is 1. The Kier molecular flexibility index (Phi) is 5.24. The maximum Gasteiger partial charge on any atom is 0.285 e. The van der Waals surface area contributed by atoms with E-state index in [1.165, 1.54) is 5.01 Å². The van der Waals surface area contributed by atoms with E-state index < -0.39 is 11.4 Å². The largest absolute Gasteiger partial charge is 0.380 e. The standard InChI is InChI=1S/C22H31FN6O2/c1-15(2)22(23)17-5-3-4-6-18(17)29(27-22)20-25-19(31-26-20)21(30)9-13-28(14-10-21)16-7-11-24-12-8-16/h3-6,15-16,24,27,30H,7-14H2,1-2H3. The molecular weight excluding hydrogens is 399 g/mol. The number of piperidine rings is 2. The second-order valence-corrected chi connectivity index (χ2v) is 9.28. The van der Waals surface area contributed by atoms with Gasteiger partial charge in [0.1, 0.15) is 5.60 Å². The first kappa shape index (κ1) is 20.8. The van der Waals surface area contributed by atoms with E-state index >= 15 is 4.39 Å². The highest BCUT2D eigenvalue weighted by Gasteiger charge is 2.48. The molecule has 2 saturated heterocycles. The molecule has 31 heavy (non-hydrogen) atoms. The van der Waals surface area contributed by atoms with Crippen molar-refractivity contribution in [1.29, 1.82) is 0 Å². The smallest absolute Gasteiger partial charge is 0.285 e. The molecule has 9 heteroatoms. The van der Waals surface area contributed by atoms with Crippen molar-refractivity contribution in [2.45, 2.75) is 57.0 Å². The number of halogens is 1. The molecule has 4 heterocycles. The van der Waals surface area contributed by atoms with Crippen molar-refractivity contribution in [3.05, 3.63) is 35.7 Å². The van der Waals surface area contributed by atoms with Gasteiger partial charge in [0.05, 0.1) is 5.69 Å². The minimum Gasteiger partial charge on any atom is -0.380 e. The summed E-state index contributed by atoms with van der Waals surface area (Å²) in [6.07, 6.45) is 3.37. The van der Waals surface area contributed by atoms with Crippen LogP contribution < -0.4 is 15.8 Å². The normalized spacial score (nSPS) is 27.1. The van der Waals surface area contributed by atoms with Crippen molar-refractivity contribution in [2.24, 2.45) is 5.92 Å². The second-order valence-electron chi connectivity index (χ2n) is 9.28. The fourth-order valence-electron chi connectivity index (χ4n) is 5.00. The average Bonchev–Trinajstić information content (AvgIpc) is 3.40. The Labute approximate surface area is 181 Å². The van der Waals surface area contributed by atoms with Crippen LogP contribution in [0, 0.1) is 5.92 Å². The van der Waals surface area contributed by atoms with Crippen molar-refractivity contribution in [2.75, 3.05) is 31.2 Å². The first-order valence-electron chi connectivity index (χ1n) is 11.3. The zero-order valence-corrected chi connectivity index (χ0v) is 18.1. The molecule has 0 bridgehead atoms. The van der Waals surface area contributed by atoms with Gasteiger partial charge in [0.15, 0.2) is 0 Å². The summed E-state index contributed by atoms with van der Waals surface area (Å²) < 4.78 is 21.2. The minimum absolute atomic E-state index is 0.202. The molecule has 168 valence electrons. The van der Waals surface area contributed by atoms with Gasteiger partial charge < -0.3 is 19.8 Å². The first-order chi connectivity index (χ1) is 14.9. The number of likely N-dealkylation sites (tertiary alicyclic amines) is 1. The molecule has 5 rings (SSSR count). The Morgan fingerprint density at radius 1 is 1.19 bits per heavy atom. The van der Waals surface area contributed by atoms with Crippen LogP contribution in [0.3, 0.4) is 0 Å². The molecule has 1 unspecified atom stereocenters. The zero-order valence-electron chi connectivity index (χ0n) is 18.1. The molecule has 1 atom stereocenters. The molecule has 2 aromatic rings. The number of benzene rings is 1. The molecule has 3 aliphatic rings. The molecule has 2 fully saturated rings. The van der Waals surface area contributed by atoms with E-state index in [-0.39, 0.29) is 17.8 Å². The van der Waals surface area contributed by atoms with Crippen LogP contribution in [0.15, 0.2) is 28.8 Å². The van der Waals surface area contributed by atoms with Crippen molar-refractivity contribution < 1.29 is 14.0 Å². The van der Waals surface area contributed by atoms with E-state index in [2.05, 4.69) is 25.8 Å². The number of hydrogen-bond acceptors (Lipinski definition) is 8. The van der Waals surface area contributed by atoms with Gasteiger partial charge in [0.2, 0.25) is 5.79 Å². The Bertz CT molecular complexity index is 922. The molecule has 3 N–H and O–H groups in total. The number of nitrogens with zero attached hydrogens (tertiary/aromatic N) is 4. The van der Waals surface area contributed by atoms with E-state index in [0.717, 1.165) is 39.0 Å². The van der Waals surface area contributed by atoms with Gasteiger partial charge in [-0.15, -0.1) is 0 Å². The van der Waals surface area contributed by atoms with Crippen molar-refractivity contribution >= 4 is 11.6 Å². The van der Waals surface area contributed by atoms with Gasteiger partial charge in [-0.2, -0.15) is 10.4 Å². The molecule has 0 spiro atoms. The topological polar surface area (TPSA) is 89.7 Å². The Hall–Kier alpha value is -2.07. The monoisotopic (exact) mass is 430 g/mol. The second kappa shape index (κ2) is 7.81. The Morgan fingerprint density at radius 3 is 2.61 bits per heavy atom. The fraction of sp³-hybridized carbons (Fsp3) is 0.636. The predicted octanol–water partition coefficient (Wildman–Crippen LogP) is 2.54. The summed E-state index contributed by atoms with van der Waals surface area (Å²) in [5.41, 5.74) is 2.96. The van der Waals surface area contributed by atoms with Gasteiger partial charge in [-0.3, -0.25) is 0 Å². The lowest BCUT2D eigenvalue weighted by Crippen LogP contribution is -2.50. The highest BCUT2D eigenvalue weighted by molar-refractivity contribution is 5.66. The van der Waals surface area contributed by atoms with Crippen molar-refractivity contribution in [3.63, 3.8) is 0 Å². The zero-order chi connectivity index (χ0) is 21.6. The summed E-state index contributed by atoms with van der Waals surface area (Å²) >= 11 is 0. The van der Waals surface area contributed by atoms with Gasteiger partial charge in [-0.1, -0.05) is 32.0 Å². The van der Waals surface area contributed by atoms with E-state index in [1.807, 2.05) is 32.0 Å². The van der Waals surface area contributed by atoms with E-state index in [0.29, 0.717) is 30.1 Å². The molecule has 0 radical (unpaired) electrons. The summed E-state index contributed by atoms with van der Waals surface area (Å²) in [6.45, 7) is 7.35. The number of fused-ring (bicyclic) bond motifs is 1. The average molecular weight is 431 g/mol. The molecule has 0 amide bonds. The third kappa shape index (κ3) is 3.53. The minimum atomic E-state index is -1.73. The number of alkyl halides is 1. The summed E-state index contributed by atoms with van der Waals surface area (Å²) in [7, 11) is 0. The van der Waals surface area contributed by atoms with E-state index in [9.17, 15) is 5.11 Å². The number of hydrazine groups is 1. The van der Waals surface area contributed by atoms with Crippen molar-refractivity contribution in [3.8, 4) is 0 Å². The Morgan fingerprint density at radius 2 is 1.90 bits per heavy atom. The molecule has 0 saturated carbocycles. The number of rotatable bonds is 4. The molecule has 0 aliphatic carbocycles. The third-order valence-corrected chi connectivity index (χ3v) is 7.07. The Balaban J connectivity index is 1.34. The van der Waals surface area contributed by atoms with Crippen LogP contribution in [0.2, 0.25) is 0 Å². The van der Waals surface area contributed by atoms with Gasteiger partial charge >= 0.3 is 0 Å². The van der Waals surface area contributed by atoms with Gasteiger partial charge in [-0.25, -0.2) is 9.40 Å². The van der Waals surface area contributed by atoms with Gasteiger partial charge in [-0.05, 0) is 50.0 Å². The number of aromatic nitrogens is 2. The van der Waals surface area contributed by atoms with Gasteiger partial charge in [0, 0.05) is 30.6 Å². The SMILES string of the molecule is CC(C)C1(F)NN(c2noc(C3(O)CCN(C4CCNCC4)CC3)n2)c2ccccc21. The van der Waals surface area contributed by atoms with Gasteiger partial charge in [0.25, 0.3) is 11.8 Å². The highest BCUT2D eigenvalue weighted by Crippen LogP contribution is 2.45. The predicted molar refractivity (Wildman–Crippen MR) is 114 cm³/mol. The van der Waals surface area contributed by atoms with Crippen LogP contribution in [0.1, 0.15) is 51.0 Å². The molecule has 3 aliphatic heterocycles. The van der Waals surface area contributed by atoms with Crippen LogP contribution >= 0.6 is 0 Å². The molecule has 1 aromatic heterocycles. The van der Waals surface area contributed by atoms with E-state index in [1.54, 1.807) is 6.07 Å². The quantitative estimate of drug-likeness (QED) is 0.638. The maximum absolute atomic E-state index is 15.7. The fourth-order valence-corrected chi connectivity index (χ4v) is 5.00. The molecule has 1 aromatic carbocycles. The number of hydrogen-bond donors (Lipinski definition) is 3. The first-order valence-corrected chi connectivity index (χ1v) is 11.3. The lowest BCUT2D eigenvalue weighted by Gasteiger charge is -2.41. The highest BCUT2D eigenvalue weighted by atomic mass is 19.1. The van der Waals surface area contributed by atoms with E-state index in [4.69, 9.17) is 4.52 Å². The summed E-state index contributed by atoms with van der Waals surface area (Å²) in [5.74, 6) is -1.62. The summed E-state index contributed by atoms with van der Waals surface area (Å²) in [6, 6.07) is 7.84. The van der Waals surface area contributed by atoms with Crippen LogP contribution in [0.4, 0.5) is 16.0 Å². The maximum atomic E-state index is 15.7. The van der Waals surface area contributed by atoms with Crippen LogP contribution in [0.25, 0.3) is 0 Å².